The van der Waals surface area contributed by atoms with Crippen molar-refractivity contribution in [3.63, 3.8) is 0 Å². The summed E-state index contributed by atoms with van der Waals surface area (Å²) < 4.78 is 0. The van der Waals surface area contributed by atoms with E-state index in [4.69, 9.17) is 4.99 Å². The molecule has 0 spiro atoms. The average Bonchev–Trinajstić information content (AvgIpc) is 2.98. The molecule has 2 heteroatoms. The van der Waals surface area contributed by atoms with Crippen molar-refractivity contribution in [2.45, 2.75) is 23.8 Å². The second-order valence-electron chi connectivity index (χ2n) is 4.74. The van der Waals surface area contributed by atoms with E-state index in [0.717, 1.165) is 12.8 Å². The summed E-state index contributed by atoms with van der Waals surface area (Å²) in [5.74, 6) is 0. The highest BCUT2D eigenvalue weighted by Crippen LogP contribution is 2.33. The molecule has 1 nitrogen and oxygen atoms in total. The van der Waals surface area contributed by atoms with E-state index in [1.165, 1.54) is 21.7 Å². The summed E-state index contributed by atoms with van der Waals surface area (Å²) in [6.07, 6.45) is 4.34. The molecular weight excluding hydrogens is 250 g/mol. The molecule has 1 heterocycles. The molecule has 0 N–H and O–H groups in total. The average molecular weight is 267 g/mol. The minimum absolute atomic E-state index is 0.339. The molecule has 0 amide bonds. The lowest BCUT2D eigenvalue weighted by Gasteiger charge is -2.07. The van der Waals surface area contributed by atoms with E-state index in [1.807, 2.05) is 0 Å². The minimum atomic E-state index is 0.339. The quantitative estimate of drug-likeness (QED) is 0.732. The van der Waals surface area contributed by atoms with Crippen LogP contribution in [-0.2, 0) is 0 Å². The van der Waals surface area contributed by atoms with Crippen LogP contribution in [0.5, 0.6) is 0 Å². The Balaban J connectivity index is 1.91. The van der Waals surface area contributed by atoms with Crippen molar-refractivity contribution in [1.29, 1.82) is 0 Å². The normalized spacial score (nSPS) is 18.4. The summed E-state index contributed by atoms with van der Waals surface area (Å²) in [5.41, 5.74) is 3.91. The summed E-state index contributed by atoms with van der Waals surface area (Å²) in [7, 11) is 0. The first-order chi connectivity index (χ1) is 9.38. The van der Waals surface area contributed by atoms with Crippen molar-refractivity contribution in [1.82, 2.24) is 0 Å². The molecule has 0 radical (unpaired) electrons. The molecule has 19 heavy (non-hydrogen) atoms. The molecule has 3 rings (SSSR count). The summed E-state index contributed by atoms with van der Waals surface area (Å²) in [6, 6.07) is 19.5. The van der Waals surface area contributed by atoms with E-state index in [-0.39, 0.29) is 0 Å². The van der Waals surface area contributed by atoms with Crippen molar-refractivity contribution in [2.24, 2.45) is 4.99 Å². The van der Waals surface area contributed by atoms with Crippen LogP contribution in [0.15, 0.2) is 64.5 Å². The molecule has 0 bridgehead atoms. The lowest BCUT2D eigenvalue weighted by molar-refractivity contribution is 0.723. The van der Waals surface area contributed by atoms with Crippen LogP contribution in [-0.4, -0.2) is 12.0 Å². The van der Waals surface area contributed by atoms with Gasteiger partial charge in [0, 0.05) is 16.2 Å². The Kier molecular flexibility index (Phi) is 3.69. The Labute approximate surface area is 118 Å². The van der Waals surface area contributed by atoms with Gasteiger partial charge in [-0.1, -0.05) is 48.5 Å². The molecule has 2 aromatic carbocycles. The zero-order chi connectivity index (χ0) is 13.1. The zero-order valence-electron chi connectivity index (χ0n) is 11.0. The maximum Gasteiger partial charge on any atom is 0.0756 e. The van der Waals surface area contributed by atoms with E-state index in [1.54, 1.807) is 11.8 Å². The Morgan fingerprint density at radius 3 is 2.53 bits per heavy atom. The van der Waals surface area contributed by atoms with Crippen molar-refractivity contribution >= 4 is 17.5 Å². The molecule has 1 aliphatic rings. The van der Waals surface area contributed by atoms with E-state index < -0.39 is 0 Å². The summed E-state index contributed by atoms with van der Waals surface area (Å²) in [6.45, 7) is 0. The first kappa shape index (κ1) is 12.5. The molecule has 1 unspecified atom stereocenters. The van der Waals surface area contributed by atoms with Gasteiger partial charge in [-0.2, -0.15) is 0 Å². The van der Waals surface area contributed by atoms with Gasteiger partial charge in [0.25, 0.3) is 0 Å². The highest BCUT2D eigenvalue weighted by Gasteiger charge is 2.21. The maximum atomic E-state index is 4.94. The van der Waals surface area contributed by atoms with Crippen LogP contribution in [0.25, 0.3) is 0 Å². The highest BCUT2D eigenvalue weighted by atomic mass is 32.2. The Morgan fingerprint density at radius 1 is 1.00 bits per heavy atom. The predicted octanol–water partition coefficient (Wildman–Crippen LogP) is 4.73. The monoisotopic (exact) mass is 267 g/mol. The van der Waals surface area contributed by atoms with E-state index in [2.05, 4.69) is 60.9 Å². The predicted molar refractivity (Wildman–Crippen MR) is 83.2 cm³/mol. The highest BCUT2D eigenvalue weighted by molar-refractivity contribution is 7.98. The Morgan fingerprint density at radius 2 is 1.74 bits per heavy atom. The third-order valence-corrected chi connectivity index (χ3v) is 4.36. The van der Waals surface area contributed by atoms with Crippen molar-refractivity contribution in [3.05, 3.63) is 65.7 Å². The van der Waals surface area contributed by atoms with Gasteiger partial charge in [-0.05, 0) is 30.7 Å². The van der Waals surface area contributed by atoms with Crippen LogP contribution in [0.3, 0.4) is 0 Å². The molecule has 96 valence electrons. The van der Waals surface area contributed by atoms with E-state index in [9.17, 15) is 0 Å². The number of hydrogen-bond donors (Lipinski definition) is 0. The van der Waals surface area contributed by atoms with Gasteiger partial charge < -0.3 is 0 Å². The van der Waals surface area contributed by atoms with Crippen molar-refractivity contribution < 1.29 is 0 Å². The second kappa shape index (κ2) is 5.62. The van der Waals surface area contributed by atoms with Gasteiger partial charge in [-0.3, -0.25) is 4.99 Å². The van der Waals surface area contributed by atoms with Crippen LogP contribution in [0.4, 0.5) is 0 Å². The molecule has 0 fully saturated rings. The number of rotatable bonds is 3. The molecule has 0 saturated carbocycles. The minimum Gasteiger partial charge on any atom is -0.281 e. The summed E-state index contributed by atoms with van der Waals surface area (Å²) >= 11 is 1.80. The third-order valence-electron chi connectivity index (χ3n) is 3.57. The number of benzene rings is 2. The first-order valence-corrected chi connectivity index (χ1v) is 7.86. The SMILES string of the molecule is CSc1ccccc1C1=NC(c2ccccc2)CC1. The standard InChI is InChI=1S/C17H17NS/c1-19-17-10-6-5-9-14(17)16-12-11-15(18-16)13-7-3-2-4-8-13/h2-10,15H,11-12H2,1H3. The largest absolute Gasteiger partial charge is 0.281 e. The molecule has 0 saturated heterocycles. The Hall–Kier alpha value is -1.54. The fourth-order valence-corrected chi connectivity index (χ4v) is 3.21. The molecule has 0 aliphatic carbocycles. The number of nitrogens with zero attached hydrogens (tertiary/aromatic N) is 1. The van der Waals surface area contributed by atoms with Crippen LogP contribution in [0, 0.1) is 0 Å². The number of hydrogen-bond acceptors (Lipinski definition) is 2. The van der Waals surface area contributed by atoms with Gasteiger partial charge in [0.1, 0.15) is 0 Å². The van der Waals surface area contributed by atoms with E-state index >= 15 is 0 Å². The Bertz CT molecular complexity index is 589. The van der Waals surface area contributed by atoms with Gasteiger partial charge in [0.15, 0.2) is 0 Å². The maximum absolute atomic E-state index is 4.94. The fraction of sp³-hybridized carbons (Fsp3) is 0.235. The third kappa shape index (κ3) is 2.59. The molecular formula is C17H17NS. The zero-order valence-corrected chi connectivity index (χ0v) is 11.9. The van der Waals surface area contributed by atoms with Gasteiger partial charge in [-0.25, -0.2) is 0 Å². The molecule has 1 aliphatic heterocycles. The lowest BCUT2D eigenvalue weighted by atomic mass is 10.0. The van der Waals surface area contributed by atoms with Crippen molar-refractivity contribution in [2.75, 3.05) is 6.26 Å². The van der Waals surface area contributed by atoms with Gasteiger partial charge in [0.05, 0.1) is 6.04 Å². The number of thioether (sulfide) groups is 1. The van der Waals surface area contributed by atoms with Crippen LogP contribution >= 0.6 is 11.8 Å². The van der Waals surface area contributed by atoms with E-state index in [0.29, 0.717) is 6.04 Å². The molecule has 0 aromatic heterocycles. The summed E-state index contributed by atoms with van der Waals surface area (Å²) in [5, 5.41) is 0. The van der Waals surface area contributed by atoms with Crippen LogP contribution < -0.4 is 0 Å². The fourth-order valence-electron chi connectivity index (χ4n) is 2.59. The lowest BCUT2D eigenvalue weighted by Crippen LogP contribution is -1.97. The number of aliphatic imine (C=N–C) groups is 1. The molecule has 1 atom stereocenters. The topological polar surface area (TPSA) is 12.4 Å². The van der Waals surface area contributed by atoms with Crippen molar-refractivity contribution in [3.8, 4) is 0 Å². The second-order valence-corrected chi connectivity index (χ2v) is 5.59. The first-order valence-electron chi connectivity index (χ1n) is 6.63. The van der Waals surface area contributed by atoms with Gasteiger partial charge >= 0.3 is 0 Å². The van der Waals surface area contributed by atoms with Crippen LogP contribution in [0.2, 0.25) is 0 Å². The molecule has 2 aromatic rings. The summed E-state index contributed by atoms with van der Waals surface area (Å²) in [4.78, 5) is 6.27. The smallest absolute Gasteiger partial charge is 0.0756 e. The van der Waals surface area contributed by atoms with Gasteiger partial charge in [0.2, 0.25) is 0 Å². The van der Waals surface area contributed by atoms with Crippen LogP contribution in [0.1, 0.15) is 30.0 Å². The van der Waals surface area contributed by atoms with Gasteiger partial charge in [-0.15, -0.1) is 11.8 Å².